The van der Waals surface area contributed by atoms with Crippen LogP contribution in [0.2, 0.25) is 0 Å². The summed E-state index contributed by atoms with van der Waals surface area (Å²) < 4.78 is 11.9. The van der Waals surface area contributed by atoms with Crippen LogP contribution in [0.25, 0.3) is 0 Å². The molecule has 0 saturated carbocycles. The van der Waals surface area contributed by atoms with Gasteiger partial charge in [0.25, 0.3) is 0 Å². The van der Waals surface area contributed by atoms with Gasteiger partial charge in [0.05, 0.1) is 12.7 Å². The lowest BCUT2D eigenvalue weighted by Gasteiger charge is -2.35. The van der Waals surface area contributed by atoms with Gasteiger partial charge in [0.15, 0.2) is 5.79 Å². The minimum Gasteiger partial charge on any atom is -0.348 e. The van der Waals surface area contributed by atoms with Crippen LogP contribution in [0.1, 0.15) is 39.5 Å². The molecule has 0 amide bonds. The molecule has 3 atom stereocenters. The molecule has 2 aliphatic heterocycles. The second-order valence-corrected chi connectivity index (χ2v) is 5.87. The zero-order valence-corrected chi connectivity index (χ0v) is 11.9. The van der Waals surface area contributed by atoms with Gasteiger partial charge < -0.3 is 20.1 Å². The SMILES string of the molecule is CCN1CCCC(CC2(C)OCC(CCN)O2)C1. The molecule has 2 saturated heterocycles. The fourth-order valence-corrected chi connectivity index (χ4v) is 3.25. The van der Waals surface area contributed by atoms with Gasteiger partial charge in [0, 0.05) is 13.0 Å². The van der Waals surface area contributed by atoms with Crippen molar-refractivity contribution in [3.8, 4) is 0 Å². The molecule has 2 aliphatic rings. The predicted molar refractivity (Wildman–Crippen MR) is 72.4 cm³/mol. The second-order valence-electron chi connectivity index (χ2n) is 5.87. The molecule has 18 heavy (non-hydrogen) atoms. The largest absolute Gasteiger partial charge is 0.348 e. The van der Waals surface area contributed by atoms with E-state index in [-0.39, 0.29) is 11.9 Å². The van der Waals surface area contributed by atoms with E-state index in [0.29, 0.717) is 19.1 Å². The van der Waals surface area contributed by atoms with Crippen LogP contribution in [0.5, 0.6) is 0 Å². The Bertz CT molecular complexity index is 262. The van der Waals surface area contributed by atoms with E-state index in [1.165, 1.54) is 25.9 Å². The molecule has 2 fully saturated rings. The van der Waals surface area contributed by atoms with E-state index in [2.05, 4.69) is 18.7 Å². The molecule has 0 spiro atoms. The van der Waals surface area contributed by atoms with E-state index in [1.807, 2.05) is 0 Å². The van der Waals surface area contributed by atoms with Crippen LogP contribution >= 0.6 is 0 Å². The highest BCUT2D eigenvalue weighted by molar-refractivity contribution is 4.81. The molecule has 106 valence electrons. The van der Waals surface area contributed by atoms with E-state index in [4.69, 9.17) is 15.2 Å². The lowest BCUT2D eigenvalue weighted by atomic mass is 9.91. The Kier molecular flexibility index (Phi) is 5.01. The number of ether oxygens (including phenoxy) is 2. The van der Waals surface area contributed by atoms with E-state index < -0.39 is 0 Å². The van der Waals surface area contributed by atoms with Gasteiger partial charge in [0.1, 0.15) is 0 Å². The number of nitrogens with zero attached hydrogens (tertiary/aromatic N) is 1. The lowest BCUT2D eigenvalue weighted by Crippen LogP contribution is -2.39. The summed E-state index contributed by atoms with van der Waals surface area (Å²) in [5, 5.41) is 0. The maximum Gasteiger partial charge on any atom is 0.166 e. The van der Waals surface area contributed by atoms with Gasteiger partial charge in [-0.05, 0) is 51.7 Å². The number of hydrogen-bond donors (Lipinski definition) is 1. The number of likely N-dealkylation sites (tertiary alicyclic amines) is 1. The normalized spacial score (nSPS) is 38.2. The van der Waals surface area contributed by atoms with E-state index in [9.17, 15) is 0 Å². The number of piperidine rings is 1. The Morgan fingerprint density at radius 3 is 3.00 bits per heavy atom. The molecule has 0 aliphatic carbocycles. The average Bonchev–Trinajstić information content (AvgIpc) is 2.71. The van der Waals surface area contributed by atoms with Crippen LogP contribution in [-0.2, 0) is 9.47 Å². The van der Waals surface area contributed by atoms with Crippen molar-refractivity contribution >= 4 is 0 Å². The van der Waals surface area contributed by atoms with Gasteiger partial charge >= 0.3 is 0 Å². The molecular formula is C14H28N2O2. The summed E-state index contributed by atoms with van der Waals surface area (Å²) >= 11 is 0. The van der Waals surface area contributed by atoms with Gasteiger partial charge in [-0.25, -0.2) is 0 Å². The molecule has 4 nitrogen and oxygen atoms in total. The Morgan fingerprint density at radius 1 is 1.44 bits per heavy atom. The molecule has 4 heteroatoms. The third-order valence-electron chi connectivity index (χ3n) is 4.19. The van der Waals surface area contributed by atoms with Gasteiger partial charge in [-0.1, -0.05) is 6.92 Å². The lowest BCUT2D eigenvalue weighted by molar-refractivity contribution is -0.169. The molecule has 3 unspecified atom stereocenters. The first-order chi connectivity index (χ1) is 8.65. The molecule has 0 aromatic heterocycles. The summed E-state index contributed by atoms with van der Waals surface area (Å²) in [6.45, 7) is 9.32. The first-order valence-corrected chi connectivity index (χ1v) is 7.39. The first kappa shape index (κ1) is 14.3. The van der Waals surface area contributed by atoms with Crippen molar-refractivity contribution in [1.29, 1.82) is 0 Å². The maximum atomic E-state index is 6.04. The summed E-state index contributed by atoms with van der Waals surface area (Å²) in [6, 6.07) is 0. The highest BCUT2D eigenvalue weighted by Gasteiger charge is 2.39. The van der Waals surface area contributed by atoms with Crippen molar-refractivity contribution in [3.05, 3.63) is 0 Å². The van der Waals surface area contributed by atoms with Gasteiger partial charge in [-0.3, -0.25) is 0 Å². The minimum absolute atomic E-state index is 0.200. The molecule has 0 aromatic carbocycles. The van der Waals surface area contributed by atoms with Crippen LogP contribution < -0.4 is 5.73 Å². The maximum absolute atomic E-state index is 6.04. The molecule has 2 rings (SSSR count). The zero-order valence-electron chi connectivity index (χ0n) is 11.9. The van der Waals surface area contributed by atoms with Crippen LogP contribution in [0.3, 0.4) is 0 Å². The van der Waals surface area contributed by atoms with E-state index >= 15 is 0 Å². The summed E-state index contributed by atoms with van der Waals surface area (Å²) in [6.07, 6.45) is 4.73. The minimum atomic E-state index is -0.374. The van der Waals surface area contributed by atoms with Crippen molar-refractivity contribution in [2.24, 2.45) is 11.7 Å². The fraction of sp³-hybridized carbons (Fsp3) is 1.00. The van der Waals surface area contributed by atoms with Crippen LogP contribution in [0.15, 0.2) is 0 Å². The summed E-state index contributed by atoms with van der Waals surface area (Å²) in [7, 11) is 0. The Morgan fingerprint density at radius 2 is 2.28 bits per heavy atom. The van der Waals surface area contributed by atoms with Crippen molar-refractivity contribution in [1.82, 2.24) is 4.90 Å². The van der Waals surface area contributed by atoms with Crippen LogP contribution in [0, 0.1) is 5.92 Å². The number of nitrogens with two attached hydrogens (primary N) is 1. The van der Waals surface area contributed by atoms with E-state index in [0.717, 1.165) is 19.4 Å². The predicted octanol–water partition coefficient (Wildman–Crippen LogP) is 1.59. The molecule has 0 bridgehead atoms. The summed E-state index contributed by atoms with van der Waals surface area (Å²) in [5.41, 5.74) is 5.58. The van der Waals surface area contributed by atoms with Crippen molar-refractivity contribution < 1.29 is 9.47 Å². The van der Waals surface area contributed by atoms with Crippen molar-refractivity contribution in [2.75, 3.05) is 32.8 Å². The highest BCUT2D eigenvalue weighted by atomic mass is 16.7. The average molecular weight is 256 g/mol. The van der Waals surface area contributed by atoms with E-state index in [1.54, 1.807) is 0 Å². The summed E-state index contributed by atoms with van der Waals surface area (Å²) in [5.74, 6) is 0.335. The van der Waals surface area contributed by atoms with Gasteiger partial charge in [-0.2, -0.15) is 0 Å². The highest BCUT2D eigenvalue weighted by Crippen LogP contribution is 2.33. The Labute approximate surface area is 111 Å². The van der Waals surface area contributed by atoms with Crippen LogP contribution in [-0.4, -0.2) is 49.6 Å². The number of rotatable bonds is 5. The van der Waals surface area contributed by atoms with Gasteiger partial charge in [-0.15, -0.1) is 0 Å². The standard InChI is InChI=1S/C14H28N2O2/c1-3-16-8-4-5-12(10-16)9-14(2)17-11-13(18-14)6-7-15/h12-13H,3-11,15H2,1-2H3. The van der Waals surface area contributed by atoms with Gasteiger partial charge in [0.2, 0.25) is 0 Å². The smallest absolute Gasteiger partial charge is 0.166 e. The quantitative estimate of drug-likeness (QED) is 0.811. The first-order valence-electron chi connectivity index (χ1n) is 7.39. The Hall–Kier alpha value is -0.160. The summed E-state index contributed by atoms with van der Waals surface area (Å²) in [4.78, 5) is 2.53. The van der Waals surface area contributed by atoms with Crippen LogP contribution in [0.4, 0.5) is 0 Å². The molecule has 0 aromatic rings. The fourth-order valence-electron chi connectivity index (χ4n) is 3.25. The monoisotopic (exact) mass is 256 g/mol. The molecule has 2 N–H and O–H groups in total. The third-order valence-corrected chi connectivity index (χ3v) is 4.19. The molecular weight excluding hydrogens is 228 g/mol. The zero-order chi connectivity index (χ0) is 13.0. The second kappa shape index (κ2) is 6.33. The van der Waals surface area contributed by atoms with Crippen molar-refractivity contribution in [3.63, 3.8) is 0 Å². The van der Waals surface area contributed by atoms with Crippen molar-refractivity contribution in [2.45, 2.75) is 51.4 Å². The molecule has 0 radical (unpaired) electrons. The Balaban J connectivity index is 1.81. The molecule has 2 heterocycles. The number of hydrogen-bond acceptors (Lipinski definition) is 4. The topological polar surface area (TPSA) is 47.7 Å². The third kappa shape index (κ3) is 3.67.